The summed E-state index contributed by atoms with van der Waals surface area (Å²) < 4.78 is 0. The Balaban J connectivity index is 2.11. The van der Waals surface area contributed by atoms with Gasteiger partial charge in [-0.05, 0) is 56.2 Å². The monoisotopic (exact) mass is 293 g/mol. The van der Waals surface area contributed by atoms with Crippen LogP contribution in [0.4, 0.5) is 0 Å². The summed E-state index contributed by atoms with van der Waals surface area (Å²) in [7, 11) is 0. The van der Waals surface area contributed by atoms with Crippen LogP contribution in [0, 0.1) is 26.7 Å². The van der Waals surface area contributed by atoms with Crippen LogP contribution >= 0.6 is 11.6 Å². The van der Waals surface area contributed by atoms with E-state index >= 15 is 0 Å². The van der Waals surface area contributed by atoms with Gasteiger partial charge in [0.15, 0.2) is 0 Å². The molecule has 2 atom stereocenters. The number of rotatable bonds is 4. The second kappa shape index (κ2) is 6.49. The van der Waals surface area contributed by atoms with E-state index in [2.05, 4.69) is 45.1 Å². The smallest absolute Gasteiger partial charge is 0.0406 e. The zero-order chi connectivity index (χ0) is 14.8. The van der Waals surface area contributed by atoms with Crippen LogP contribution in [-0.2, 0) is 6.54 Å². The molecule has 2 heteroatoms. The van der Waals surface area contributed by atoms with Crippen molar-refractivity contribution in [1.29, 1.82) is 0 Å². The third kappa shape index (κ3) is 3.56. The van der Waals surface area contributed by atoms with Gasteiger partial charge in [-0.2, -0.15) is 0 Å². The molecule has 0 aromatic heterocycles. The van der Waals surface area contributed by atoms with Crippen molar-refractivity contribution >= 4 is 11.6 Å². The maximum atomic E-state index is 6.31. The van der Waals surface area contributed by atoms with Crippen LogP contribution < -0.4 is 5.32 Å². The molecule has 2 unspecified atom stereocenters. The third-order valence-corrected chi connectivity index (χ3v) is 5.34. The molecule has 1 aliphatic carbocycles. The normalized spacial score (nSPS) is 26.8. The van der Waals surface area contributed by atoms with E-state index in [9.17, 15) is 0 Å². The molecule has 112 valence electrons. The predicted molar refractivity (Wildman–Crippen MR) is 88.6 cm³/mol. The SMILES string of the molecule is Cc1cc(C)c(CNC2(CCl)CCCC(C)C2)c(C)c1. The molecular formula is C18H28ClN. The van der Waals surface area contributed by atoms with Crippen LogP contribution in [0.3, 0.4) is 0 Å². The minimum Gasteiger partial charge on any atom is -0.306 e. The van der Waals surface area contributed by atoms with Gasteiger partial charge in [-0.25, -0.2) is 0 Å². The Labute approximate surface area is 129 Å². The molecule has 0 heterocycles. The molecule has 2 rings (SSSR count). The summed E-state index contributed by atoms with van der Waals surface area (Å²) >= 11 is 6.31. The molecule has 0 spiro atoms. The molecule has 1 aliphatic rings. The summed E-state index contributed by atoms with van der Waals surface area (Å²) in [6, 6.07) is 4.56. The Hall–Kier alpha value is -0.530. The molecule has 20 heavy (non-hydrogen) atoms. The highest BCUT2D eigenvalue weighted by Gasteiger charge is 2.33. The topological polar surface area (TPSA) is 12.0 Å². The van der Waals surface area contributed by atoms with Crippen LogP contribution in [0.25, 0.3) is 0 Å². The first-order chi connectivity index (χ1) is 9.46. The first-order valence-corrected chi connectivity index (χ1v) is 8.37. The number of aryl methyl sites for hydroxylation is 3. The van der Waals surface area contributed by atoms with E-state index in [1.807, 2.05) is 0 Å². The van der Waals surface area contributed by atoms with Crippen LogP contribution in [0.15, 0.2) is 12.1 Å². The van der Waals surface area contributed by atoms with Crippen molar-refractivity contribution in [3.63, 3.8) is 0 Å². The van der Waals surface area contributed by atoms with Gasteiger partial charge < -0.3 is 5.32 Å². The summed E-state index contributed by atoms with van der Waals surface area (Å²) in [5.41, 5.74) is 5.72. The fraction of sp³-hybridized carbons (Fsp3) is 0.667. The second-order valence-corrected chi connectivity index (χ2v) is 7.11. The maximum Gasteiger partial charge on any atom is 0.0406 e. The standard InChI is InChI=1S/C18H28ClN/c1-13-6-5-7-18(10-13,12-19)20-11-17-15(3)8-14(2)9-16(17)4/h8-9,13,20H,5-7,10-12H2,1-4H3. The number of hydrogen-bond acceptors (Lipinski definition) is 1. The van der Waals surface area contributed by atoms with Gasteiger partial charge in [-0.15, -0.1) is 11.6 Å². The molecule has 0 aliphatic heterocycles. The van der Waals surface area contributed by atoms with Gasteiger partial charge in [0.2, 0.25) is 0 Å². The van der Waals surface area contributed by atoms with Crippen LogP contribution in [0.1, 0.15) is 54.9 Å². The molecule has 1 saturated carbocycles. The third-order valence-electron chi connectivity index (χ3n) is 4.83. The highest BCUT2D eigenvalue weighted by molar-refractivity contribution is 6.18. The first-order valence-electron chi connectivity index (χ1n) is 7.83. The van der Waals surface area contributed by atoms with Crippen molar-refractivity contribution in [2.24, 2.45) is 5.92 Å². The Morgan fingerprint density at radius 2 is 1.90 bits per heavy atom. The van der Waals surface area contributed by atoms with E-state index in [1.54, 1.807) is 0 Å². The van der Waals surface area contributed by atoms with Gasteiger partial charge in [0.25, 0.3) is 0 Å². The summed E-state index contributed by atoms with van der Waals surface area (Å²) in [5, 5.41) is 3.80. The summed E-state index contributed by atoms with van der Waals surface area (Å²) in [5.74, 6) is 1.51. The molecule has 1 aromatic carbocycles. The summed E-state index contributed by atoms with van der Waals surface area (Å²) in [6.07, 6.45) is 5.07. The van der Waals surface area contributed by atoms with Gasteiger partial charge in [0.05, 0.1) is 0 Å². The largest absolute Gasteiger partial charge is 0.306 e. The number of halogens is 1. The lowest BCUT2D eigenvalue weighted by molar-refractivity contribution is 0.207. The van der Waals surface area contributed by atoms with E-state index in [0.29, 0.717) is 0 Å². The minimum atomic E-state index is 0.142. The molecule has 1 aromatic rings. The molecular weight excluding hydrogens is 266 g/mol. The fourth-order valence-corrected chi connectivity index (χ4v) is 4.09. The molecule has 1 N–H and O–H groups in total. The van der Waals surface area contributed by atoms with Crippen LogP contribution in [0.2, 0.25) is 0 Å². The zero-order valence-electron chi connectivity index (χ0n) is 13.4. The van der Waals surface area contributed by atoms with E-state index in [0.717, 1.165) is 18.3 Å². The van der Waals surface area contributed by atoms with Gasteiger partial charge in [0.1, 0.15) is 0 Å². The Bertz CT molecular complexity index is 445. The quantitative estimate of drug-likeness (QED) is 0.780. The Morgan fingerprint density at radius 1 is 1.25 bits per heavy atom. The number of hydrogen-bond donors (Lipinski definition) is 1. The number of nitrogens with one attached hydrogen (secondary N) is 1. The number of alkyl halides is 1. The first kappa shape index (κ1) is 15.9. The second-order valence-electron chi connectivity index (χ2n) is 6.85. The number of benzene rings is 1. The van der Waals surface area contributed by atoms with Gasteiger partial charge >= 0.3 is 0 Å². The lowest BCUT2D eigenvalue weighted by Crippen LogP contribution is -2.49. The van der Waals surface area contributed by atoms with Crippen molar-refractivity contribution in [3.05, 3.63) is 34.4 Å². The Kier molecular flexibility index (Phi) is 5.14. The lowest BCUT2D eigenvalue weighted by atomic mass is 9.77. The molecule has 1 nitrogen and oxygen atoms in total. The van der Waals surface area contributed by atoms with Crippen molar-refractivity contribution in [1.82, 2.24) is 5.32 Å². The van der Waals surface area contributed by atoms with Gasteiger partial charge in [-0.3, -0.25) is 0 Å². The average Bonchev–Trinajstić information content (AvgIpc) is 2.37. The van der Waals surface area contributed by atoms with Crippen LogP contribution in [-0.4, -0.2) is 11.4 Å². The zero-order valence-corrected chi connectivity index (χ0v) is 14.1. The van der Waals surface area contributed by atoms with Gasteiger partial charge in [0, 0.05) is 18.0 Å². The highest BCUT2D eigenvalue weighted by Crippen LogP contribution is 2.33. The van der Waals surface area contributed by atoms with E-state index in [1.165, 1.54) is 47.9 Å². The van der Waals surface area contributed by atoms with Crippen LogP contribution in [0.5, 0.6) is 0 Å². The highest BCUT2D eigenvalue weighted by atomic mass is 35.5. The summed E-state index contributed by atoms with van der Waals surface area (Å²) in [6.45, 7) is 9.89. The van der Waals surface area contributed by atoms with Crippen molar-refractivity contribution in [3.8, 4) is 0 Å². The fourth-order valence-electron chi connectivity index (χ4n) is 3.75. The Morgan fingerprint density at radius 3 is 2.45 bits per heavy atom. The maximum absolute atomic E-state index is 6.31. The molecule has 0 amide bonds. The summed E-state index contributed by atoms with van der Waals surface area (Å²) in [4.78, 5) is 0. The predicted octanol–water partition coefficient (Wildman–Crippen LogP) is 4.89. The van der Waals surface area contributed by atoms with Gasteiger partial charge in [-0.1, -0.05) is 37.5 Å². The van der Waals surface area contributed by atoms with Crippen molar-refractivity contribution in [2.45, 2.75) is 65.5 Å². The van der Waals surface area contributed by atoms with E-state index < -0.39 is 0 Å². The van der Waals surface area contributed by atoms with E-state index in [-0.39, 0.29) is 5.54 Å². The van der Waals surface area contributed by atoms with E-state index in [4.69, 9.17) is 11.6 Å². The molecule has 0 radical (unpaired) electrons. The van der Waals surface area contributed by atoms with Crippen molar-refractivity contribution in [2.75, 3.05) is 5.88 Å². The lowest BCUT2D eigenvalue weighted by Gasteiger charge is -2.40. The minimum absolute atomic E-state index is 0.142. The average molecular weight is 294 g/mol. The van der Waals surface area contributed by atoms with Crippen molar-refractivity contribution < 1.29 is 0 Å². The molecule has 0 saturated heterocycles. The molecule has 1 fully saturated rings. The molecule has 0 bridgehead atoms.